The first kappa shape index (κ1) is 13.8. The molecule has 106 valence electrons. The van der Waals surface area contributed by atoms with Crippen molar-refractivity contribution in [2.75, 3.05) is 0 Å². The fourth-order valence-corrected chi connectivity index (χ4v) is 3.25. The molecule has 0 spiro atoms. The first-order valence-electron chi connectivity index (χ1n) is 6.93. The highest BCUT2D eigenvalue weighted by molar-refractivity contribution is 9.10. The lowest BCUT2D eigenvalue weighted by molar-refractivity contribution is 0.0908. The Kier molecular flexibility index (Phi) is 3.89. The van der Waals surface area contributed by atoms with Crippen molar-refractivity contribution in [2.45, 2.75) is 44.6 Å². The summed E-state index contributed by atoms with van der Waals surface area (Å²) in [6.07, 6.45) is 3.56. The van der Waals surface area contributed by atoms with Crippen LogP contribution in [0.3, 0.4) is 0 Å². The van der Waals surface area contributed by atoms with Gasteiger partial charge >= 0.3 is 0 Å². The van der Waals surface area contributed by atoms with Crippen LogP contribution in [0.2, 0.25) is 0 Å². The van der Waals surface area contributed by atoms with Crippen LogP contribution < -0.4 is 0 Å². The van der Waals surface area contributed by atoms with E-state index in [4.69, 9.17) is 4.52 Å². The average molecular weight is 337 g/mol. The van der Waals surface area contributed by atoms with Crippen LogP contribution in [-0.4, -0.2) is 21.4 Å². The van der Waals surface area contributed by atoms with Gasteiger partial charge in [-0.25, -0.2) is 0 Å². The zero-order chi connectivity index (χ0) is 14.1. The number of aromatic nitrogens is 2. The molecule has 0 aliphatic heterocycles. The largest absolute Gasteiger partial charge is 0.392 e. The minimum atomic E-state index is -0.358. The van der Waals surface area contributed by atoms with E-state index >= 15 is 0 Å². The van der Waals surface area contributed by atoms with Gasteiger partial charge in [0.05, 0.1) is 12.0 Å². The maximum absolute atomic E-state index is 10.1. The molecule has 20 heavy (non-hydrogen) atoms. The van der Waals surface area contributed by atoms with Gasteiger partial charge < -0.3 is 9.63 Å². The number of halogens is 1. The number of rotatable bonds is 2. The average Bonchev–Trinajstić information content (AvgIpc) is 2.88. The van der Waals surface area contributed by atoms with E-state index in [-0.39, 0.29) is 12.0 Å². The molecule has 5 heteroatoms. The van der Waals surface area contributed by atoms with Crippen molar-refractivity contribution in [3.63, 3.8) is 0 Å². The molecular formula is C15H17BrN2O2. The van der Waals surface area contributed by atoms with Crippen molar-refractivity contribution in [1.29, 1.82) is 0 Å². The molecule has 2 unspecified atom stereocenters. The highest BCUT2D eigenvalue weighted by Gasteiger charge is 2.29. The molecule has 0 saturated heterocycles. The fraction of sp³-hybridized carbons (Fsp3) is 0.467. The maximum Gasteiger partial charge on any atom is 0.232 e. The number of benzene rings is 1. The van der Waals surface area contributed by atoms with Crippen molar-refractivity contribution >= 4 is 15.9 Å². The van der Waals surface area contributed by atoms with Crippen LogP contribution in [0.15, 0.2) is 27.2 Å². The SMILES string of the molecule is Cc1cc(Br)ccc1-c1noc(C2CCCCC2O)n1. The lowest BCUT2D eigenvalue weighted by Gasteiger charge is -2.24. The van der Waals surface area contributed by atoms with Crippen LogP contribution in [0.25, 0.3) is 11.4 Å². The summed E-state index contributed by atoms with van der Waals surface area (Å²) in [6.45, 7) is 2.02. The third kappa shape index (κ3) is 2.65. The van der Waals surface area contributed by atoms with Crippen LogP contribution in [-0.2, 0) is 0 Å². The second-order valence-corrected chi connectivity index (χ2v) is 6.29. The molecule has 2 atom stereocenters. The maximum atomic E-state index is 10.1. The van der Waals surface area contributed by atoms with Gasteiger partial charge in [-0.15, -0.1) is 0 Å². The van der Waals surface area contributed by atoms with Crippen LogP contribution in [0, 0.1) is 6.92 Å². The van der Waals surface area contributed by atoms with Gasteiger partial charge in [-0.3, -0.25) is 0 Å². The second kappa shape index (κ2) is 5.66. The van der Waals surface area contributed by atoms with E-state index in [2.05, 4.69) is 26.1 Å². The van der Waals surface area contributed by atoms with Gasteiger partial charge in [0.1, 0.15) is 0 Å². The Morgan fingerprint density at radius 3 is 2.85 bits per heavy atom. The number of aliphatic hydroxyl groups is 1. The van der Waals surface area contributed by atoms with Crippen LogP contribution in [0.5, 0.6) is 0 Å². The van der Waals surface area contributed by atoms with Gasteiger partial charge in [0.2, 0.25) is 11.7 Å². The number of aryl methyl sites for hydroxylation is 1. The first-order chi connectivity index (χ1) is 9.65. The highest BCUT2D eigenvalue weighted by Crippen LogP contribution is 2.33. The minimum Gasteiger partial charge on any atom is -0.392 e. The van der Waals surface area contributed by atoms with E-state index in [9.17, 15) is 5.11 Å². The number of aliphatic hydroxyl groups excluding tert-OH is 1. The van der Waals surface area contributed by atoms with Gasteiger partial charge in [-0.2, -0.15) is 4.98 Å². The minimum absolute atomic E-state index is 0.0132. The third-order valence-electron chi connectivity index (χ3n) is 3.92. The molecule has 1 aliphatic rings. The van der Waals surface area contributed by atoms with Gasteiger partial charge in [0.15, 0.2) is 0 Å². The Labute approximate surface area is 126 Å². The van der Waals surface area contributed by atoms with Crippen molar-refractivity contribution in [2.24, 2.45) is 0 Å². The summed E-state index contributed by atoms with van der Waals surface area (Å²) in [7, 11) is 0. The Morgan fingerprint density at radius 1 is 1.30 bits per heavy atom. The summed E-state index contributed by atoms with van der Waals surface area (Å²) < 4.78 is 6.41. The van der Waals surface area contributed by atoms with Crippen molar-refractivity contribution in [3.05, 3.63) is 34.1 Å². The van der Waals surface area contributed by atoms with E-state index in [1.807, 2.05) is 25.1 Å². The second-order valence-electron chi connectivity index (χ2n) is 5.37. The Bertz CT molecular complexity index is 612. The Balaban J connectivity index is 1.89. The van der Waals surface area contributed by atoms with Crippen molar-refractivity contribution < 1.29 is 9.63 Å². The molecule has 1 saturated carbocycles. The molecule has 0 bridgehead atoms. The molecule has 1 aromatic carbocycles. The summed E-state index contributed by atoms with van der Waals surface area (Å²) in [4.78, 5) is 4.49. The number of hydrogen-bond donors (Lipinski definition) is 1. The smallest absolute Gasteiger partial charge is 0.232 e. The summed E-state index contributed by atoms with van der Waals surface area (Å²) >= 11 is 3.45. The van der Waals surface area contributed by atoms with Gasteiger partial charge in [0.25, 0.3) is 0 Å². The third-order valence-corrected chi connectivity index (χ3v) is 4.41. The van der Waals surface area contributed by atoms with Gasteiger partial charge in [-0.05, 0) is 43.5 Å². The molecule has 0 amide bonds. The summed E-state index contributed by atoms with van der Waals surface area (Å²) in [6, 6.07) is 5.97. The van der Waals surface area contributed by atoms with E-state index in [0.29, 0.717) is 11.7 Å². The van der Waals surface area contributed by atoms with E-state index in [1.54, 1.807) is 0 Å². The zero-order valence-corrected chi connectivity index (χ0v) is 12.9. The lowest BCUT2D eigenvalue weighted by Crippen LogP contribution is -2.22. The van der Waals surface area contributed by atoms with E-state index in [0.717, 1.165) is 41.3 Å². The molecule has 1 fully saturated rings. The van der Waals surface area contributed by atoms with Crippen molar-refractivity contribution in [3.8, 4) is 11.4 Å². The Morgan fingerprint density at radius 2 is 2.10 bits per heavy atom. The topological polar surface area (TPSA) is 59.2 Å². The normalized spacial score (nSPS) is 22.9. The molecule has 2 aromatic rings. The molecule has 1 aromatic heterocycles. The Hall–Kier alpha value is -1.20. The molecule has 3 rings (SSSR count). The summed E-state index contributed by atoms with van der Waals surface area (Å²) in [5.41, 5.74) is 2.06. The molecule has 4 nitrogen and oxygen atoms in total. The predicted molar refractivity (Wildman–Crippen MR) is 79.4 cm³/mol. The lowest BCUT2D eigenvalue weighted by atomic mass is 9.86. The molecule has 1 N–H and O–H groups in total. The molecule has 0 radical (unpaired) electrons. The highest BCUT2D eigenvalue weighted by atomic mass is 79.9. The molecular weight excluding hydrogens is 320 g/mol. The summed E-state index contributed by atoms with van der Waals surface area (Å²) in [5.74, 6) is 1.15. The van der Waals surface area contributed by atoms with Crippen LogP contribution in [0.4, 0.5) is 0 Å². The first-order valence-corrected chi connectivity index (χ1v) is 7.72. The van der Waals surface area contributed by atoms with Gasteiger partial charge in [0, 0.05) is 10.0 Å². The van der Waals surface area contributed by atoms with E-state index < -0.39 is 0 Å². The molecule has 1 heterocycles. The van der Waals surface area contributed by atoms with Crippen molar-refractivity contribution in [1.82, 2.24) is 10.1 Å². The van der Waals surface area contributed by atoms with E-state index in [1.165, 1.54) is 0 Å². The number of hydrogen-bond acceptors (Lipinski definition) is 4. The predicted octanol–water partition coefficient (Wildman–Crippen LogP) is 3.83. The summed E-state index contributed by atoms with van der Waals surface area (Å²) in [5, 5.41) is 14.1. The quantitative estimate of drug-likeness (QED) is 0.905. The zero-order valence-electron chi connectivity index (χ0n) is 11.3. The fourth-order valence-electron chi connectivity index (χ4n) is 2.77. The number of nitrogens with zero attached hydrogens (tertiary/aromatic N) is 2. The monoisotopic (exact) mass is 336 g/mol. The standard InChI is InChI=1S/C15H17BrN2O2/c1-9-8-10(16)6-7-11(9)14-17-15(20-18-14)12-4-2-3-5-13(12)19/h6-8,12-13,19H,2-5H2,1H3. The van der Waals surface area contributed by atoms with Crippen LogP contribution >= 0.6 is 15.9 Å². The molecule has 1 aliphatic carbocycles. The van der Waals surface area contributed by atoms with Gasteiger partial charge in [-0.1, -0.05) is 33.9 Å². The van der Waals surface area contributed by atoms with Crippen LogP contribution in [0.1, 0.15) is 43.1 Å².